The van der Waals surface area contributed by atoms with Gasteiger partial charge < -0.3 is 10.1 Å². The number of nitro groups is 1. The highest BCUT2D eigenvalue weighted by atomic mass is 35.5. The molecule has 0 unspecified atom stereocenters. The molecular weight excluding hydrogens is 460 g/mol. The zero-order valence-corrected chi connectivity index (χ0v) is 19.6. The van der Waals surface area contributed by atoms with Crippen molar-refractivity contribution in [1.29, 1.82) is 0 Å². The summed E-state index contributed by atoms with van der Waals surface area (Å²) < 4.78 is 6.61. The number of esters is 1. The van der Waals surface area contributed by atoms with Crippen LogP contribution in [0.1, 0.15) is 27.9 Å². The fraction of sp³-hybridized carbons (Fsp3) is 0.208. The summed E-state index contributed by atoms with van der Waals surface area (Å²) in [6.45, 7) is 5.41. The lowest BCUT2D eigenvalue weighted by molar-refractivity contribution is -0.384. The smallest absolute Gasteiger partial charge is 0.331 e. The van der Waals surface area contributed by atoms with E-state index in [0.717, 1.165) is 17.2 Å². The van der Waals surface area contributed by atoms with Gasteiger partial charge in [0.15, 0.2) is 6.61 Å². The van der Waals surface area contributed by atoms with Crippen molar-refractivity contribution in [1.82, 2.24) is 9.78 Å². The number of ether oxygens (including phenoxy) is 1. The SMILES string of the molecule is Cc1ccc(Cn2nc(C)c(/C=C/C(=O)OCC(=O)Nc3cc([N+](=O)[O-])ccc3C)c2Cl)cc1. The highest BCUT2D eigenvalue weighted by molar-refractivity contribution is 6.31. The Kier molecular flexibility index (Phi) is 7.80. The largest absolute Gasteiger partial charge is 0.452 e. The molecule has 0 saturated heterocycles. The van der Waals surface area contributed by atoms with Gasteiger partial charge in [-0.25, -0.2) is 9.48 Å². The Labute approximate surface area is 201 Å². The summed E-state index contributed by atoms with van der Waals surface area (Å²) >= 11 is 6.45. The molecule has 1 aromatic heterocycles. The Morgan fingerprint density at radius 1 is 1.18 bits per heavy atom. The monoisotopic (exact) mass is 482 g/mol. The van der Waals surface area contributed by atoms with Crippen molar-refractivity contribution in [2.45, 2.75) is 27.3 Å². The molecule has 1 amide bonds. The number of nitrogens with zero attached hydrogens (tertiary/aromatic N) is 3. The summed E-state index contributed by atoms with van der Waals surface area (Å²) in [6, 6.07) is 12.1. The number of aryl methyl sites for hydroxylation is 3. The summed E-state index contributed by atoms with van der Waals surface area (Å²) in [5.41, 5.74) is 4.16. The van der Waals surface area contributed by atoms with Crippen LogP contribution >= 0.6 is 11.6 Å². The normalized spacial score (nSPS) is 10.9. The van der Waals surface area contributed by atoms with Crippen LogP contribution in [-0.2, 0) is 20.9 Å². The van der Waals surface area contributed by atoms with Crippen LogP contribution in [0.4, 0.5) is 11.4 Å². The van der Waals surface area contributed by atoms with Crippen molar-refractivity contribution < 1.29 is 19.2 Å². The van der Waals surface area contributed by atoms with E-state index < -0.39 is 23.4 Å². The van der Waals surface area contributed by atoms with Gasteiger partial charge in [-0.05, 0) is 38.0 Å². The molecule has 0 aliphatic heterocycles. The van der Waals surface area contributed by atoms with Gasteiger partial charge in [-0.2, -0.15) is 5.10 Å². The van der Waals surface area contributed by atoms with Crippen molar-refractivity contribution in [2.24, 2.45) is 0 Å². The van der Waals surface area contributed by atoms with Gasteiger partial charge in [0.2, 0.25) is 0 Å². The molecule has 0 saturated carbocycles. The molecule has 9 nitrogen and oxygen atoms in total. The average Bonchev–Trinajstić information content (AvgIpc) is 3.06. The number of aromatic nitrogens is 2. The molecular formula is C24H23ClN4O5. The van der Waals surface area contributed by atoms with Crippen LogP contribution in [0.3, 0.4) is 0 Å². The van der Waals surface area contributed by atoms with E-state index in [1.165, 1.54) is 24.3 Å². The van der Waals surface area contributed by atoms with Crippen LogP contribution in [0.2, 0.25) is 5.15 Å². The molecule has 0 aliphatic carbocycles. The van der Waals surface area contributed by atoms with E-state index in [9.17, 15) is 19.7 Å². The number of anilines is 1. The van der Waals surface area contributed by atoms with E-state index in [4.69, 9.17) is 16.3 Å². The highest BCUT2D eigenvalue weighted by Gasteiger charge is 2.14. The zero-order chi connectivity index (χ0) is 24.8. The number of hydrogen-bond acceptors (Lipinski definition) is 6. The minimum absolute atomic E-state index is 0.156. The maximum atomic E-state index is 12.1. The predicted molar refractivity (Wildman–Crippen MR) is 129 cm³/mol. The summed E-state index contributed by atoms with van der Waals surface area (Å²) in [5.74, 6) is -1.36. The van der Waals surface area contributed by atoms with Crippen molar-refractivity contribution in [3.05, 3.63) is 91.8 Å². The van der Waals surface area contributed by atoms with Gasteiger partial charge >= 0.3 is 5.97 Å². The van der Waals surface area contributed by atoms with Gasteiger partial charge in [0.25, 0.3) is 11.6 Å². The first-order valence-corrected chi connectivity index (χ1v) is 10.7. The van der Waals surface area contributed by atoms with Crippen LogP contribution in [0, 0.1) is 30.9 Å². The molecule has 0 bridgehead atoms. The second-order valence-corrected chi connectivity index (χ2v) is 8.04. The molecule has 176 valence electrons. The van der Waals surface area contributed by atoms with Gasteiger partial charge in [0.1, 0.15) is 5.15 Å². The molecule has 2 aromatic carbocycles. The zero-order valence-electron chi connectivity index (χ0n) is 18.9. The average molecular weight is 483 g/mol. The number of rotatable bonds is 8. The summed E-state index contributed by atoms with van der Waals surface area (Å²) in [5, 5.41) is 18.2. The molecule has 0 spiro atoms. The third-order valence-corrected chi connectivity index (χ3v) is 5.40. The minimum atomic E-state index is -0.743. The number of carbonyl (C=O) groups is 2. The molecule has 0 atom stereocenters. The fourth-order valence-corrected chi connectivity index (χ4v) is 3.41. The van der Waals surface area contributed by atoms with Gasteiger partial charge in [0, 0.05) is 23.8 Å². The third kappa shape index (κ3) is 6.29. The molecule has 34 heavy (non-hydrogen) atoms. The molecule has 0 fully saturated rings. The summed E-state index contributed by atoms with van der Waals surface area (Å²) in [7, 11) is 0. The third-order valence-electron chi connectivity index (χ3n) is 5.00. The first kappa shape index (κ1) is 24.7. The van der Waals surface area contributed by atoms with Gasteiger partial charge in [0.05, 0.1) is 22.8 Å². The van der Waals surface area contributed by atoms with Crippen LogP contribution in [0.25, 0.3) is 6.08 Å². The maximum absolute atomic E-state index is 12.1. The lowest BCUT2D eigenvalue weighted by Gasteiger charge is -2.08. The van der Waals surface area contributed by atoms with E-state index in [-0.39, 0.29) is 11.4 Å². The second-order valence-electron chi connectivity index (χ2n) is 7.68. The minimum Gasteiger partial charge on any atom is -0.452 e. The number of carbonyl (C=O) groups excluding carboxylic acids is 2. The standard InChI is InChI=1S/C24H23ClN4O5/c1-15-4-7-18(8-5-15)13-28-24(25)20(17(3)27-28)10-11-23(31)34-14-22(30)26-21-12-19(29(32)33)9-6-16(21)2/h4-12H,13-14H2,1-3H3,(H,26,30)/b11-10+. The number of amides is 1. The lowest BCUT2D eigenvalue weighted by Crippen LogP contribution is -2.20. The van der Waals surface area contributed by atoms with E-state index in [1.54, 1.807) is 18.5 Å². The topological polar surface area (TPSA) is 116 Å². The van der Waals surface area contributed by atoms with Gasteiger partial charge in [-0.15, -0.1) is 0 Å². The fourth-order valence-electron chi connectivity index (χ4n) is 3.11. The number of non-ortho nitro benzene ring substituents is 1. The maximum Gasteiger partial charge on any atom is 0.331 e. The Morgan fingerprint density at radius 2 is 1.88 bits per heavy atom. The van der Waals surface area contributed by atoms with E-state index in [2.05, 4.69) is 10.4 Å². The van der Waals surface area contributed by atoms with Crippen molar-refractivity contribution >= 4 is 40.9 Å². The van der Waals surface area contributed by atoms with Crippen LogP contribution < -0.4 is 5.32 Å². The number of nitrogens with one attached hydrogen (secondary N) is 1. The van der Waals surface area contributed by atoms with Crippen molar-refractivity contribution in [2.75, 3.05) is 11.9 Å². The van der Waals surface area contributed by atoms with Crippen LogP contribution in [0.15, 0.2) is 48.5 Å². The van der Waals surface area contributed by atoms with E-state index in [0.29, 0.717) is 28.5 Å². The highest BCUT2D eigenvalue weighted by Crippen LogP contribution is 2.23. The van der Waals surface area contributed by atoms with Gasteiger partial charge in [-0.1, -0.05) is 47.5 Å². The number of hydrogen-bond donors (Lipinski definition) is 1. The Morgan fingerprint density at radius 3 is 2.56 bits per heavy atom. The molecule has 0 radical (unpaired) electrons. The summed E-state index contributed by atoms with van der Waals surface area (Å²) in [6.07, 6.45) is 2.65. The second kappa shape index (κ2) is 10.8. The quantitative estimate of drug-likeness (QED) is 0.217. The number of benzene rings is 2. The Balaban J connectivity index is 1.58. The summed E-state index contributed by atoms with van der Waals surface area (Å²) in [4.78, 5) is 34.5. The first-order valence-electron chi connectivity index (χ1n) is 10.3. The molecule has 1 heterocycles. The Bertz CT molecular complexity index is 1270. The first-order chi connectivity index (χ1) is 16.1. The van der Waals surface area contributed by atoms with Crippen molar-refractivity contribution in [3.63, 3.8) is 0 Å². The molecule has 0 aliphatic rings. The van der Waals surface area contributed by atoms with Crippen LogP contribution in [-0.4, -0.2) is 33.2 Å². The van der Waals surface area contributed by atoms with Gasteiger partial charge in [-0.3, -0.25) is 14.9 Å². The number of nitro benzene ring substituents is 1. The predicted octanol–water partition coefficient (Wildman–Crippen LogP) is 4.61. The Hall–Kier alpha value is -3.98. The number of halogens is 1. The van der Waals surface area contributed by atoms with Crippen molar-refractivity contribution in [3.8, 4) is 0 Å². The molecule has 10 heteroatoms. The van der Waals surface area contributed by atoms with E-state index >= 15 is 0 Å². The molecule has 1 N–H and O–H groups in total. The van der Waals surface area contributed by atoms with E-state index in [1.807, 2.05) is 31.2 Å². The molecule has 3 aromatic rings. The lowest BCUT2D eigenvalue weighted by atomic mass is 10.1. The van der Waals surface area contributed by atoms with Crippen LogP contribution in [0.5, 0.6) is 0 Å². The molecule has 3 rings (SSSR count).